The van der Waals surface area contributed by atoms with Gasteiger partial charge in [0.25, 0.3) is 0 Å². The summed E-state index contributed by atoms with van der Waals surface area (Å²) in [5.74, 6) is -0.212. The Kier molecular flexibility index (Phi) is 3.05. The minimum absolute atomic E-state index is 0.212. The molecule has 3 heteroatoms. The van der Waals surface area contributed by atoms with Gasteiger partial charge in [-0.25, -0.2) is 14.4 Å². The molecule has 1 heterocycles. The molecule has 0 amide bonds. The lowest BCUT2D eigenvalue weighted by Crippen LogP contribution is -1.83. The number of benzene rings is 1. The number of hydrogen-bond donors (Lipinski definition) is 0. The molecule has 2 rings (SSSR count). The van der Waals surface area contributed by atoms with E-state index in [9.17, 15) is 4.39 Å². The van der Waals surface area contributed by atoms with E-state index < -0.39 is 0 Å². The zero-order chi connectivity index (χ0) is 11.4. The van der Waals surface area contributed by atoms with Gasteiger partial charge in [0.15, 0.2) is 0 Å². The third-order valence-electron chi connectivity index (χ3n) is 2.31. The van der Waals surface area contributed by atoms with Crippen LogP contribution in [0.2, 0.25) is 0 Å². The molecule has 0 N–H and O–H groups in total. The first kappa shape index (κ1) is 10.5. The fourth-order valence-corrected chi connectivity index (χ4v) is 1.44. The van der Waals surface area contributed by atoms with Crippen molar-refractivity contribution in [3.63, 3.8) is 0 Å². The minimum Gasteiger partial charge on any atom is -0.244 e. The van der Waals surface area contributed by atoms with Gasteiger partial charge in [-0.1, -0.05) is 30.3 Å². The molecule has 0 aliphatic heterocycles. The molecule has 1 aromatic heterocycles. The molecule has 2 nitrogen and oxygen atoms in total. The number of rotatable bonds is 2. The van der Waals surface area contributed by atoms with Gasteiger partial charge in [-0.15, -0.1) is 0 Å². The van der Waals surface area contributed by atoms with Crippen LogP contribution in [0.15, 0.2) is 49.1 Å². The topological polar surface area (TPSA) is 25.8 Å². The lowest BCUT2D eigenvalue weighted by molar-refractivity contribution is 0.758. The Labute approximate surface area is 93.5 Å². The maximum absolute atomic E-state index is 13.2. The highest BCUT2D eigenvalue weighted by molar-refractivity contribution is 5.66. The minimum atomic E-state index is -0.212. The molecule has 0 aliphatic rings. The summed E-state index contributed by atoms with van der Waals surface area (Å²) in [5, 5.41) is 0. The summed E-state index contributed by atoms with van der Waals surface area (Å²) in [7, 11) is 0. The average molecular weight is 214 g/mol. The number of halogens is 1. The maximum atomic E-state index is 13.2. The largest absolute Gasteiger partial charge is 0.244 e. The van der Waals surface area contributed by atoms with Crippen molar-refractivity contribution in [2.75, 3.05) is 0 Å². The van der Waals surface area contributed by atoms with Gasteiger partial charge >= 0.3 is 0 Å². The summed E-state index contributed by atoms with van der Waals surface area (Å²) >= 11 is 0. The van der Waals surface area contributed by atoms with Crippen LogP contribution in [-0.2, 0) is 0 Å². The molecule has 0 spiro atoms. The van der Waals surface area contributed by atoms with Gasteiger partial charge in [-0.2, -0.15) is 0 Å². The first-order chi connectivity index (χ1) is 7.81. The number of nitrogens with zero attached hydrogens (tertiary/aromatic N) is 2. The predicted octanol–water partition coefficient (Wildman–Crippen LogP) is 3.47. The summed E-state index contributed by atoms with van der Waals surface area (Å²) in [6, 6.07) is 7.21. The molecule has 80 valence electrons. The monoisotopic (exact) mass is 214 g/mol. The van der Waals surface area contributed by atoms with E-state index in [1.807, 2.05) is 12.1 Å². The molecular weight excluding hydrogens is 203 g/mol. The maximum Gasteiger partial charge on any atom is 0.126 e. The van der Waals surface area contributed by atoms with E-state index in [1.165, 1.54) is 12.4 Å². The van der Waals surface area contributed by atoms with Crippen molar-refractivity contribution < 1.29 is 4.39 Å². The highest BCUT2D eigenvalue weighted by atomic mass is 19.1. The van der Waals surface area contributed by atoms with E-state index in [2.05, 4.69) is 9.97 Å². The number of allylic oxidation sites excluding steroid dienone is 1. The second kappa shape index (κ2) is 4.66. The van der Waals surface area contributed by atoms with E-state index in [0.717, 1.165) is 11.1 Å². The van der Waals surface area contributed by atoms with E-state index in [-0.39, 0.29) is 5.83 Å². The SMILES string of the molecule is C/C=C(\F)c1ccc(-c2cncnc2)cc1. The highest BCUT2D eigenvalue weighted by Crippen LogP contribution is 2.21. The van der Waals surface area contributed by atoms with Crippen LogP contribution in [0.3, 0.4) is 0 Å². The Hall–Kier alpha value is -2.03. The Bertz CT molecular complexity index is 489. The predicted molar refractivity (Wildman–Crippen MR) is 62.2 cm³/mol. The normalized spacial score (nSPS) is 11.5. The lowest BCUT2D eigenvalue weighted by atomic mass is 10.1. The molecule has 16 heavy (non-hydrogen) atoms. The van der Waals surface area contributed by atoms with Crippen molar-refractivity contribution >= 4 is 5.83 Å². The van der Waals surface area contributed by atoms with Crippen molar-refractivity contribution in [3.05, 3.63) is 54.6 Å². The zero-order valence-electron chi connectivity index (χ0n) is 8.89. The smallest absolute Gasteiger partial charge is 0.126 e. The second-order valence-corrected chi connectivity index (χ2v) is 3.34. The molecule has 0 saturated carbocycles. The fourth-order valence-electron chi connectivity index (χ4n) is 1.44. The van der Waals surface area contributed by atoms with Gasteiger partial charge in [0.1, 0.15) is 12.2 Å². The van der Waals surface area contributed by atoms with Gasteiger partial charge in [-0.05, 0) is 12.5 Å². The van der Waals surface area contributed by atoms with Crippen LogP contribution < -0.4 is 0 Å². The van der Waals surface area contributed by atoms with Crippen molar-refractivity contribution in [2.45, 2.75) is 6.92 Å². The highest BCUT2D eigenvalue weighted by Gasteiger charge is 2.00. The van der Waals surface area contributed by atoms with Crippen LogP contribution in [0.5, 0.6) is 0 Å². The Balaban J connectivity index is 2.34. The standard InChI is InChI=1S/C13H11FN2/c1-2-13(14)11-5-3-10(4-6-11)12-7-15-9-16-8-12/h2-9H,1H3/b13-2-. The molecule has 0 radical (unpaired) electrons. The molecule has 0 atom stereocenters. The zero-order valence-corrected chi connectivity index (χ0v) is 8.89. The summed E-state index contributed by atoms with van der Waals surface area (Å²) in [6.07, 6.45) is 6.39. The van der Waals surface area contributed by atoms with E-state index in [4.69, 9.17) is 0 Å². The van der Waals surface area contributed by atoms with Crippen LogP contribution >= 0.6 is 0 Å². The van der Waals surface area contributed by atoms with E-state index >= 15 is 0 Å². The van der Waals surface area contributed by atoms with Gasteiger partial charge in [-0.3, -0.25) is 0 Å². The van der Waals surface area contributed by atoms with Crippen LogP contribution in [0.4, 0.5) is 4.39 Å². The molecule has 0 aliphatic carbocycles. The van der Waals surface area contributed by atoms with Crippen LogP contribution in [-0.4, -0.2) is 9.97 Å². The van der Waals surface area contributed by atoms with Gasteiger partial charge in [0.05, 0.1) is 0 Å². The summed E-state index contributed by atoms with van der Waals surface area (Å²) in [6.45, 7) is 1.67. The molecule has 0 fully saturated rings. The Morgan fingerprint density at radius 3 is 2.25 bits per heavy atom. The molecule has 1 aromatic carbocycles. The Morgan fingerprint density at radius 1 is 1.06 bits per heavy atom. The first-order valence-corrected chi connectivity index (χ1v) is 4.99. The third kappa shape index (κ3) is 2.14. The third-order valence-corrected chi connectivity index (χ3v) is 2.31. The van der Waals surface area contributed by atoms with Gasteiger partial charge in [0, 0.05) is 23.5 Å². The van der Waals surface area contributed by atoms with Gasteiger partial charge in [0.2, 0.25) is 0 Å². The van der Waals surface area contributed by atoms with Crippen molar-refractivity contribution in [1.82, 2.24) is 9.97 Å². The molecule has 0 unspecified atom stereocenters. The van der Waals surface area contributed by atoms with Crippen LogP contribution in [0.25, 0.3) is 17.0 Å². The fraction of sp³-hybridized carbons (Fsp3) is 0.0769. The lowest BCUT2D eigenvalue weighted by Gasteiger charge is -2.01. The van der Waals surface area contributed by atoms with Crippen LogP contribution in [0.1, 0.15) is 12.5 Å². The summed E-state index contributed by atoms with van der Waals surface area (Å²) < 4.78 is 13.2. The summed E-state index contributed by atoms with van der Waals surface area (Å²) in [5.41, 5.74) is 2.49. The summed E-state index contributed by atoms with van der Waals surface area (Å²) in [4.78, 5) is 7.88. The average Bonchev–Trinajstić information content (AvgIpc) is 2.39. The molecule has 0 bridgehead atoms. The van der Waals surface area contributed by atoms with Crippen molar-refractivity contribution in [1.29, 1.82) is 0 Å². The molecular formula is C13H11FN2. The van der Waals surface area contributed by atoms with Gasteiger partial charge < -0.3 is 0 Å². The van der Waals surface area contributed by atoms with E-state index in [1.54, 1.807) is 31.5 Å². The first-order valence-electron chi connectivity index (χ1n) is 4.99. The van der Waals surface area contributed by atoms with E-state index in [0.29, 0.717) is 5.56 Å². The van der Waals surface area contributed by atoms with Crippen molar-refractivity contribution in [3.8, 4) is 11.1 Å². The molecule has 2 aromatic rings. The number of aromatic nitrogens is 2. The van der Waals surface area contributed by atoms with Crippen LogP contribution in [0, 0.1) is 0 Å². The number of hydrogen-bond acceptors (Lipinski definition) is 2. The Morgan fingerprint density at radius 2 is 1.69 bits per heavy atom. The quantitative estimate of drug-likeness (QED) is 0.764. The second-order valence-electron chi connectivity index (χ2n) is 3.34. The van der Waals surface area contributed by atoms with Crippen molar-refractivity contribution in [2.24, 2.45) is 0 Å². The molecule has 0 saturated heterocycles.